The van der Waals surface area contributed by atoms with Gasteiger partial charge in [-0.25, -0.2) is 9.97 Å². The molecule has 0 aliphatic heterocycles. The highest BCUT2D eigenvalue weighted by Gasteiger charge is 2.58. The van der Waals surface area contributed by atoms with E-state index in [4.69, 9.17) is 0 Å². The Morgan fingerprint density at radius 3 is 2.65 bits per heavy atom. The number of pyridine rings is 1. The van der Waals surface area contributed by atoms with E-state index in [1.54, 1.807) is 59.0 Å². The fraction of sp³-hybridized carbons (Fsp3) is 0.350. The molecule has 0 bridgehead atoms. The zero-order valence-electron chi connectivity index (χ0n) is 16.6. The first-order valence-corrected chi connectivity index (χ1v) is 9.84. The quantitative estimate of drug-likeness (QED) is 0.518. The first-order chi connectivity index (χ1) is 14.8. The number of aromatic nitrogens is 7. The SMILES string of the molecule is Cn1nccc1Nc1nccc(-c2ccn3c(CC4(C(F)(F)F)CCC4)nnc3c2)n1. The molecule has 1 aliphatic carbocycles. The van der Waals surface area contributed by atoms with Crippen molar-refractivity contribution in [1.29, 1.82) is 0 Å². The van der Waals surface area contributed by atoms with Crippen LogP contribution in [0.25, 0.3) is 16.9 Å². The molecule has 0 saturated heterocycles. The zero-order chi connectivity index (χ0) is 21.6. The van der Waals surface area contributed by atoms with Gasteiger partial charge in [-0.2, -0.15) is 18.3 Å². The minimum absolute atomic E-state index is 0.136. The van der Waals surface area contributed by atoms with Gasteiger partial charge in [-0.1, -0.05) is 6.42 Å². The largest absolute Gasteiger partial charge is 0.394 e. The highest BCUT2D eigenvalue weighted by atomic mass is 19.4. The van der Waals surface area contributed by atoms with Gasteiger partial charge in [0.1, 0.15) is 11.6 Å². The van der Waals surface area contributed by atoms with E-state index in [1.165, 1.54) is 0 Å². The summed E-state index contributed by atoms with van der Waals surface area (Å²) >= 11 is 0. The molecule has 0 spiro atoms. The second-order valence-electron chi connectivity index (χ2n) is 7.80. The van der Waals surface area contributed by atoms with Gasteiger partial charge in [0.25, 0.3) is 0 Å². The summed E-state index contributed by atoms with van der Waals surface area (Å²) in [4.78, 5) is 8.74. The fourth-order valence-electron chi connectivity index (χ4n) is 3.88. The standard InChI is InChI=1S/C20H19F3N8/c1-30-15(4-9-25-30)27-18-24-8-3-14(26-18)13-5-10-31-16(11-13)28-29-17(31)12-19(6-2-7-19)20(21,22)23/h3-5,8-11H,2,6-7,12H2,1H3,(H,24,26,27). The lowest BCUT2D eigenvalue weighted by molar-refractivity contribution is -0.250. The smallest absolute Gasteiger partial charge is 0.309 e. The molecule has 5 rings (SSSR count). The Balaban J connectivity index is 1.43. The molecule has 0 amide bonds. The van der Waals surface area contributed by atoms with Crippen molar-refractivity contribution in [3.63, 3.8) is 0 Å². The molecule has 1 saturated carbocycles. The number of nitrogens with one attached hydrogen (secondary N) is 1. The second-order valence-corrected chi connectivity index (χ2v) is 7.80. The highest BCUT2D eigenvalue weighted by Crippen LogP contribution is 2.54. The maximum atomic E-state index is 13.5. The molecule has 11 heteroatoms. The molecule has 4 aromatic rings. The van der Waals surface area contributed by atoms with E-state index in [0.29, 0.717) is 29.5 Å². The molecule has 0 unspecified atom stereocenters. The first-order valence-electron chi connectivity index (χ1n) is 9.84. The Morgan fingerprint density at radius 2 is 1.97 bits per heavy atom. The van der Waals surface area contributed by atoms with E-state index in [-0.39, 0.29) is 19.3 Å². The minimum Gasteiger partial charge on any atom is -0.309 e. The summed E-state index contributed by atoms with van der Waals surface area (Å²) in [5, 5.41) is 15.3. The maximum absolute atomic E-state index is 13.5. The number of aryl methyl sites for hydroxylation is 1. The summed E-state index contributed by atoms with van der Waals surface area (Å²) < 4.78 is 43.9. The molecule has 1 N–H and O–H groups in total. The molecule has 31 heavy (non-hydrogen) atoms. The van der Waals surface area contributed by atoms with Crippen molar-refractivity contribution in [1.82, 2.24) is 34.3 Å². The lowest BCUT2D eigenvalue weighted by Gasteiger charge is -2.42. The normalized spacial score (nSPS) is 15.7. The summed E-state index contributed by atoms with van der Waals surface area (Å²) in [6.07, 6.45) is 1.44. The molecule has 1 fully saturated rings. The fourth-order valence-corrected chi connectivity index (χ4v) is 3.88. The lowest BCUT2D eigenvalue weighted by atomic mass is 9.66. The molecular weight excluding hydrogens is 409 g/mol. The number of alkyl halides is 3. The van der Waals surface area contributed by atoms with Crippen molar-refractivity contribution in [3.05, 3.63) is 48.7 Å². The molecule has 4 aromatic heterocycles. The first kappa shape index (κ1) is 19.5. The molecule has 0 atom stereocenters. The van der Waals surface area contributed by atoms with Gasteiger partial charge in [0.2, 0.25) is 5.95 Å². The van der Waals surface area contributed by atoms with Crippen LogP contribution in [0.2, 0.25) is 0 Å². The van der Waals surface area contributed by atoms with Gasteiger partial charge >= 0.3 is 6.18 Å². The summed E-state index contributed by atoms with van der Waals surface area (Å²) in [5.41, 5.74) is 0.200. The van der Waals surface area contributed by atoms with E-state index in [2.05, 4.69) is 30.6 Å². The van der Waals surface area contributed by atoms with Crippen molar-refractivity contribution < 1.29 is 13.2 Å². The van der Waals surface area contributed by atoms with Gasteiger partial charge in [0.15, 0.2) is 5.65 Å². The third kappa shape index (κ3) is 3.39. The van der Waals surface area contributed by atoms with E-state index in [1.807, 2.05) is 0 Å². The van der Waals surface area contributed by atoms with Crippen LogP contribution in [0.3, 0.4) is 0 Å². The predicted octanol–water partition coefficient (Wildman–Crippen LogP) is 3.94. The van der Waals surface area contributed by atoms with Crippen LogP contribution < -0.4 is 5.32 Å². The van der Waals surface area contributed by atoms with Gasteiger partial charge in [0, 0.05) is 37.5 Å². The van der Waals surface area contributed by atoms with Crippen LogP contribution in [-0.4, -0.2) is 40.5 Å². The number of nitrogens with zero attached hydrogens (tertiary/aromatic N) is 7. The molecule has 160 valence electrons. The summed E-state index contributed by atoms with van der Waals surface area (Å²) in [6.45, 7) is 0. The van der Waals surface area contributed by atoms with Crippen molar-refractivity contribution in [2.75, 3.05) is 5.32 Å². The van der Waals surface area contributed by atoms with Crippen LogP contribution in [-0.2, 0) is 13.5 Å². The minimum atomic E-state index is -4.24. The van der Waals surface area contributed by atoms with Gasteiger partial charge in [-0.3, -0.25) is 9.08 Å². The number of hydrogen-bond donors (Lipinski definition) is 1. The molecule has 8 nitrogen and oxygen atoms in total. The van der Waals surface area contributed by atoms with Crippen molar-refractivity contribution >= 4 is 17.4 Å². The highest BCUT2D eigenvalue weighted by molar-refractivity contribution is 5.65. The average Bonchev–Trinajstić information content (AvgIpc) is 3.29. The molecule has 1 aliphatic rings. The number of halogens is 3. The van der Waals surface area contributed by atoms with E-state index in [9.17, 15) is 13.2 Å². The maximum Gasteiger partial charge on any atom is 0.394 e. The second kappa shape index (κ2) is 7.03. The predicted molar refractivity (Wildman–Crippen MR) is 107 cm³/mol. The van der Waals surface area contributed by atoms with Gasteiger partial charge in [-0.15, -0.1) is 10.2 Å². The zero-order valence-corrected chi connectivity index (χ0v) is 16.6. The lowest BCUT2D eigenvalue weighted by Crippen LogP contribution is -2.46. The van der Waals surface area contributed by atoms with Crippen molar-refractivity contribution in [3.8, 4) is 11.3 Å². The average molecular weight is 428 g/mol. The number of anilines is 2. The summed E-state index contributed by atoms with van der Waals surface area (Å²) in [6, 6.07) is 7.10. The number of rotatable bonds is 5. The number of hydrogen-bond acceptors (Lipinski definition) is 6. The summed E-state index contributed by atoms with van der Waals surface area (Å²) in [5.74, 6) is 1.46. The van der Waals surface area contributed by atoms with Crippen LogP contribution in [0.4, 0.5) is 24.9 Å². The van der Waals surface area contributed by atoms with Crippen LogP contribution >= 0.6 is 0 Å². The van der Waals surface area contributed by atoms with E-state index in [0.717, 1.165) is 11.4 Å². The molecular formula is C20H19F3N8. The topological polar surface area (TPSA) is 85.8 Å². The van der Waals surface area contributed by atoms with Crippen LogP contribution in [0, 0.1) is 5.41 Å². The number of fused-ring (bicyclic) bond motifs is 1. The third-order valence-electron chi connectivity index (χ3n) is 5.90. The Kier molecular flexibility index (Phi) is 4.42. The third-order valence-corrected chi connectivity index (χ3v) is 5.90. The Bertz CT molecular complexity index is 1240. The van der Waals surface area contributed by atoms with Crippen LogP contribution in [0.5, 0.6) is 0 Å². The van der Waals surface area contributed by atoms with Gasteiger partial charge < -0.3 is 5.32 Å². The van der Waals surface area contributed by atoms with Gasteiger partial charge in [-0.05, 0) is 31.0 Å². The van der Waals surface area contributed by atoms with E-state index < -0.39 is 11.6 Å². The Hall–Kier alpha value is -3.50. The van der Waals surface area contributed by atoms with Crippen LogP contribution in [0.15, 0.2) is 42.9 Å². The molecule has 0 aromatic carbocycles. The van der Waals surface area contributed by atoms with Crippen molar-refractivity contribution in [2.45, 2.75) is 31.9 Å². The Morgan fingerprint density at radius 1 is 1.13 bits per heavy atom. The van der Waals surface area contributed by atoms with E-state index >= 15 is 0 Å². The van der Waals surface area contributed by atoms with Crippen molar-refractivity contribution in [2.24, 2.45) is 12.5 Å². The summed E-state index contributed by atoms with van der Waals surface area (Å²) in [7, 11) is 1.80. The molecule has 0 radical (unpaired) electrons. The Labute approximate surface area is 175 Å². The molecule has 4 heterocycles. The monoisotopic (exact) mass is 428 g/mol. The van der Waals surface area contributed by atoms with Crippen LogP contribution in [0.1, 0.15) is 25.1 Å². The van der Waals surface area contributed by atoms with Gasteiger partial charge in [0.05, 0.1) is 17.3 Å².